The maximum Gasteiger partial charge on any atom is 0.245 e. The van der Waals surface area contributed by atoms with E-state index >= 15 is 0 Å². The smallest absolute Gasteiger partial charge is 0.245 e. The summed E-state index contributed by atoms with van der Waals surface area (Å²) in [5.41, 5.74) is 0.589. The maximum atomic E-state index is 13.9. The average Bonchev–Trinajstić information content (AvgIpc) is 2.84. The first-order valence-corrected chi connectivity index (χ1v) is 8.81. The zero-order chi connectivity index (χ0) is 15.6. The molecule has 0 aromatic heterocycles. The van der Waals surface area contributed by atoms with Crippen molar-refractivity contribution in [3.63, 3.8) is 0 Å². The number of halogens is 2. The molecule has 0 radical (unpaired) electrons. The van der Waals surface area contributed by atoms with Gasteiger partial charge >= 0.3 is 0 Å². The van der Waals surface area contributed by atoms with E-state index in [-0.39, 0.29) is 16.7 Å². The lowest BCUT2D eigenvalue weighted by atomic mass is 10.1. The number of alkyl halides is 1. The molecule has 0 saturated carbocycles. The molecule has 2 rings (SSSR count). The van der Waals surface area contributed by atoms with Crippen molar-refractivity contribution in [1.29, 1.82) is 0 Å². The minimum absolute atomic E-state index is 0.153. The molecule has 0 N–H and O–H groups in total. The molecule has 1 aliphatic heterocycles. The summed E-state index contributed by atoms with van der Waals surface area (Å²) >= 11 is 5.70. The van der Waals surface area contributed by atoms with Crippen molar-refractivity contribution in [1.82, 2.24) is 9.21 Å². The van der Waals surface area contributed by atoms with Crippen molar-refractivity contribution in [2.75, 3.05) is 33.7 Å². The summed E-state index contributed by atoms with van der Waals surface area (Å²) in [6, 6.07) is 3.96. The summed E-state index contributed by atoms with van der Waals surface area (Å²) in [6.07, 6.45) is 0.959. The predicted molar refractivity (Wildman–Crippen MR) is 81.4 cm³/mol. The summed E-state index contributed by atoms with van der Waals surface area (Å²) in [4.78, 5) is 1.87. The molecular weight excluding hydrogens is 315 g/mol. The first-order valence-electron chi connectivity index (χ1n) is 6.84. The van der Waals surface area contributed by atoms with Crippen LogP contribution in [0, 0.1) is 11.7 Å². The Hall–Kier alpha value is -0.690. The molecule has 0 spiro atoms. The van der Waals surface area contributed by atoms with Crippen molar-refractivity contribution in [3.05, 3.63) is 29.6 Å². The molecule has 1 atom stereocenters. The monoisotopic (exact) mass is 334 g/mol. The van der Waals surface area contributed by atoms with Crippen molar-refractivity contribution in [3.8, 4) is 0 Å². The molecule has 1 aromatic rings. The number of rotatable bonds is 5. The van der Waals surface area contributed by atoms with Crippen LogP contribution >= 0.6 is 11.6 Å². The van der Waals surface area contributed by atoms with Crippen LogP contribution in [0.25, 0.3) is 0 Å². The first kappa shape index (κ1) is 16.7. The van der Waals surface area contributed by atoms with Gasteiger partial charge in [0.05, 0.1) is 0 Å². The quantitative estimate of drug-likeness (QED) is 0.775. The number of hydrogen-bond donors (Lipinski definition) is 0. The van der Waals surface area contributed by atoms with E-state index in [2.05, 4.69) is 4.90 Å². The van der Waals surface area contributed by atoms with Gasteiger partial charge in [0.1, 0.15) is 10.7 Å². The second-order valence-electron chi connectivity index (χ2n) is 5.60. The lowest BCUT2D eigenvalue weighted by Gasteiger charge is -2.21. The SMILES string of the molecule is CN1CCC(CN(C)S(=O)(=O)c2cc(CCl)ccc2F)C1. The van der Waals surface area contributed by atoms with E-state index in [9.17, 15) is 12.8 Å². The molecule has 1 aliphatic rings. The van der Waals surface area contributed by atoms with Crippen LogP contribution in [0.3, 0.4) is 0 Å². The number of nitrogens with zero attached hydrogens (tertiary/aromatic N) is 2. The van der Waals surface area contributed by atoms with Crippen molar-refractivity contribution in [2.24, 2.45) is 5.92 Å². The molecule has 0 bridgehead atoms. The van der Waals surface area contributed by atoms with E-state index in [4.69, 9.17) is 11.6 Å². The Balaban J connectivity index is 2.20. The Bertz CT molecular complexity index is 609. The molecule has 0 aliphatic carbocycles. The molecule has 1 unspecified atom stereocenters. The van der Waals surface area contributed by atoms with Crippen LogP contribution < -0.4 is 0 Å². The Morgan fingerprint density at radius 1 is 1.48 bits per heavy atom. The zero-order valence-corrected chi connectivity index (χ0v) is 13.8. The third kappa shape index (κ3) is 3.74. The molecule has 1 saturated heterocycles. The minimum Gasteiger partial charge on any atom is -0.306 e. The fraction of sp³-hybridized carbons (Fsp3) is 0.571. The van der Waals surface area contributed by atoms with E-state index in [0.29, 0.717) is 12.1 Å². The number of hydrogen-bond acceptors (Lipinski definition) is 3. The molecular formula is C14H20ClFN2O2S. The second-order valence-corrected chi connectivity index (χ2v) is 7.88. The van der Waals surface area contributed by atoms with Crippen LogP contribution in [-0.2, 0) is 15.9 Å². The molecule has 7 heteroatoms. The van der Waals surface area contributed by atoms with Gasteiger partial charge in [-0.2, -0.15) is 0 Å². The summed E-state index contributed by atoms with van der Waals surface area (Å²) in [5.74, 6) is -0.298. The Labute approximate surface area is 130 Å². The fourth-order valence-corrected chi connectivity index (χ4v) is 4.16. The highest BCUT2D eigenvalue weighted by Crippen LogP contribution is 2.23. The summed E-state index contributed by atoms with van der Waals surface area (Å²) in [5, 5.41) is 0. The maximum absolute atomic E-state index is 13.9. The zero-order valence-electron chi connectivity index (χ0n) is 12.2. The van der Waals surface area contributed by atoms with Crippen LogP contribution in [0.4, 0.5) is 4.39 Å². The van der Waals surface area contributed by atoms with Crippen LogP contribution in [0.1, 0.15) is 12.0 Å². The van der Waals surface area contributed by atoms with Crippen LogP contribution in [0.2, 0.25) is 0 Å². The van der Waals surface area contributed by atoms with E-state index in [1.54, 1.807) is 0 Å². The lowest BCUT2D eigenvalue weighted by molar-refractivity contribution is 0.356. The second kappa shape index (κ2) is 6.60. The van der Waals surface area contributed by atoms with Gasteiger partial charge in [-0.1, -0.05) is 6.07 Å². The first-order chi connectivity index (χ1) is 9.84. The van der Waals surface area contributed by atoms with Gasteiger partial charge in [-0.25, -0.2) is 17.1 Å². The molecule has 1 aromatic carbocycles. The molecule has 4 nitrogen and oxygen atoms in total. The standard InChI is InChI=1S/C14H20ClFN2O2S/c1-17-6-5-12(9-17)10-18(2)21(19,20)14-7-11(8-15)3-4-13(14)16/h3-4,7,12H,5-6,8-10H2,1-2H3. The molecule has 0 amide bonds. The largest absolute Gasteiger partial charge is 0.306 e. The highest BCUT2D eigenvalue weighted by Gasteiger charge is 2.29. The lowest BCUT2D eigenvalue weighted by Crippen LogP contribution is -2.33. The highest BCUT2D eigenvalue weighted by molar-refractivity contribution is 7.89. The fourth-order valence-electron chi connectivity index (χ4n) is 2.63. The topological polar surface area (TPSA) is 40.6 Å². The minimum atomic E-state index is -3.83. The third-order valence-corrected chi connectivity index (χ3v) is 5.99. The van der Waals surface area contributed by atoms with Crippen molar-refractivity contribution in [2.45, 2.75) is 17.2 Å². The van der Waals surface area contributed by atoms with Crippen molar-refractivity contribution < 1.29 is 12.8 Å². The van der Waals surface area contributed by atoms with E-state index in [0.717, 1.165) is 25.6 Å². The predicted octanol–water partition coefficient (Wildman–Crippen LogP) is 2.14. The summed E-state index contributed by atoms with van der Waals surface area (Å²) in [6.45, 7) is 2.23. The van der Waals surface area contributed by atoms with Gasteiger partial charge in [0.15, 0.2) is 0 Å². The normalized spacial score (nSPS) is 20.3. The van der Waals surface area contributed by atoms with Gasteiger partial charge in [0.2, 0.25) is 10.0 Å². The van der Waals surface area contributed by atoms with Crippen LogP contribution in [-0.4, -0.2) is 51.4 Å². The van der Waals surface area contributed by atoms with Gasteiger partial charge in [0, 0.05) is 26.0 Å². The van der Waals surface area contributed by atoms with Crippen molar-refractivity contribution >= 4 is 21.6 Å². The number of likely N-dealkylation sites (tertiary alicyclic amines) is 1. The molecule has 1 heterocycles. The van der Waals surface area contributed by atoms with Gasteiger partial charge in [-0.3, -0.25) is 0 Å². The van der Waals surface area contributed by atoms with Gasteiger partial charge < -0.3 is 4.90 Å². The molecule has 118 valence electrons. The third-order valence-electron chi connectivity index (χ3n) is 3.84. The number of sulfonamides is 1. The van der Waals surface area contributed by atoms with Gasteiger partial charge in [0.25, 0.3) is 0 Å². The van der Waals surface area contributed by atoms with E-state index in [1.807, 2.05) is 7.05 Å². The molecule has 21 heavy (non-hydrogen) atoms. The van der Waals surface area contributed by atoms with Gasteiger partial charge in [-0.05, 0) is 43.6 Å². The number of benzene rings is 1. The Morgan fingerprint density at radius 2 is 2.19 bits per heavy atom. The van der Waals surface area contributed by atoms with E-state index in [1.165, 1.54) is 23.5 Å². The molecule has 1 fully saturated rings. The average molecular weight is 335 g/mol. The van der Waals surface area contributed by atoms with Gasteiger partial charge in [-0.15, -0.1) is 11.6 Å². The summed E-state index contributed by atoms with van der Waals surface area (Å²) in [7, 11) is -0.314. The Kier molecular flexibility index (Phi) is 5.24. The van der Waals surface area contributed by atoms with Crippen LogP contribution in [0.15, 0.2) is 23.1 Å². The van der Waals surface area contributed by atoms with E-state index < -0.39 is 15.8 Å². The Morgan fingerprint density at radius 3 is 2.76 bits per heavy atom. The highest BCUT2D eigenvalue weighted by atomic mass is 35.5. The summed E-state index contributed by atoms with van der Waals surface area (Å²) < 4.78 is 40.2. The van der Waals surface area contributed by atoms with Crippen LogP contribution in [0.5, 0.6) is 0 Å².